The highest BCUT2D eigenvalue weighted by atomic mass is 19.1. The van der Waals surface area contributed by atoms with Crippen molar-refractivity contribution in [3.05, 3.63) is 78.1 Å². The minimum absolute atomic E-state index is 0.242. The van der Waals surface area contributed by atoms with Crippen LogP contribution in [0.5, 0.6) is 0 Å². The maximum atomic E-state index is 13.1. The van der Waals surface area contributed by atoms with Gasteiger partial charge >= 0.3 is 5.97 Å². The number of para-hydroxylation sites is 1. The molecule has 3 rings (SSSR count). The summed E-state index contributed by atoms with van der Waals surface area (Å²) >= 11 is 0. The maximum Gasteiger partial charge on any atom is 0.339 e. The van der Waals surface area contributed by atoms with Crippen molar-refractivity contribution >= 4 is 17.6 Å². The monoisotopic (exact) mass is 339 g/mol. The second kappa shape index (κ2) is 6.96. The number of methoxy groups -OCH3 is 1. The molecule has 0 bridgehead atoms. The van der Waals surface area contributed by atoms with Crippen LogP contribution in [0.3, 0.4) is 0 Å². The lowest BCUT2D eigenvalue weighted by Gasteiger charge is -2.11. The van der Waals surface area contributed by atoms with Gasteiger partial charge in [0.2, 0.25) is 0 Å². The molecule has 7 heteroatoms. The van der Waals surface area contributed by atoms with Crippen LogP contribution in [-0.2, 0) is 4.74 Å². The average molecular weight is 339 g/mol. The number of esters is 1. The Bertz CT molecular complexity index is 919. The number of carbonyl (C=O) groups excluding carboxylic acids is 2. The molecule has 6 nitrogen and oxygen atoms in total. The number of nitrogens with one attached hydrogen (secondary N) is 1. The van der Waals surface area contributed by atoms with Gasteiger partial charge in [0.05, 0.1) is 30.9 Å². The minimum Gasteiger partial charge on any atom is -0.465 e. The standard InChI is InChI=1S/C18H14FN3O3/c1-25-18(24)14-4-2-3-5-15(14)21-17(23)16-10-20-11-22(16)13-8-6-12(19)7-9-13/h2-11H,1H3,(H,21,23). The summed E-state index contributed by atoms with van der Waals surface area (Å²) in [5, 5.41) is 2.68. The van der Waals surface area contributed by atoms with E-state index in [1.54, 1.807) is 24.3 Å². The Morgan fingerprint density at radius 3 is 2.56 bits per heavy atom. The Labute approximate surface area is 142 Å². The molecule has 0 aliphatic carbocycles. The molecule has 2 aromatic carbocycles. The molecule has 1 heterocycles. The highest BCUT2D eigenvalue weighted by molar-refractivity contribution is 6.07. The second-order valence-corrected chi connectivity index (χ2v) is 5.12. The van der Waals surface area contributed by atoms with Crippen LogP contribution in [0.15, 0.2) is 61.1 Å². The predicted molar refractivity (Wildman–Crippen MR) is 89.3 cm³/mol. The number of hydrogen-bond acceptors (Lipinski definition) is 4. The van der Waals surface area contributed by atoms with Crippen LogP contribution in [0.25, 0.3) is 5.69 Å². The van der Waals surface area contributed by atoms with Crippen molar-refractivity contribution in [2.24, 2.45) is 0 Å². The van der Waals surface area contributed by atoms with Crippen molar-refractivity contribution in [2.75, 3.05) is 12.4 Å². The smallest absolute Gasteiger partial charge is 0.339 e. The molecule has 1 aromatic heterocycles. The first kappa shape index (κ1) is 16.4. The van der Waals surface area contributed by atoms with Gasteiger partial charge in [-0.3, -0.25) is 9.36 Å². The first-order valence-electron chi connectivity index (χ1n) is 7.37. The molecule has 0 aliphatic heterocycles. The van der Waals surface area contributed by atoms with Crippen LogP contribution in [0, 0.1) is 5.82 Å². The second-order valence-electron chi connectivity index (χ2n) is 5.12. The Hall–Kier alpha value is -3.48. The third-order valence-electron chi connectivity index (χ3n) is 3.56. The van der Waals surface area contributed by atoms with E-state index in [-0.39, 0.29) is 17.1 Å². The normalized spacial score (nSPS) is 10.3. The van der Waals surface area contributed by atoms with E-state index in [0.29, 0.717) is 11.4 Å². The highest BCUT2D eigenvalue weighted by Gasteiger charge is 2.17. The van der Waals surface area contributed by atoms with Gasteiger partial charge < -0.3 is 10.1 Å². The van der Waals surface area contributed by atoms with E-state index in [0.717, 1.165) is 0 Å². The van der Waals surface area contributed by atoms with Crippen LogP contribution in [0.1, 0.15) is 20.8 Å². The molecule has 0 saturated heterocycles. The molecule has 126 valence electrons. The number of aromatic nitrogens is 2. The summed E-state index contributed by atoms with van der Waals surface area (Å²) in [5.74, 6) is -1.39. The van der Waals surface area contributed by atoms with Crippen LogP contribution in [-0.4, -0.2) is 28.5 Å². The van der Waals surface area contributed by atoms with Crippen molar-refractivity contribution < 1.29 is 18.7 Å². The van der Waals surface area contributed by atoms with Crippen molar-refractivity contribution in [1.29, 1.82) is 0 Å². The summed E-state index contributed by atoms with van der Waals surface area (Å²) in [7, 11) is 1.27. The molecule has 3 aromatic rings. The largest absolute Gasteiger partial charge is 0.465 e. The van der Waals surface area contributed by atoms with Crippen LogP contribution >= 0.6 is 0 Å². The van der Waals surface area contributed by atoms with E-state index in [1.807, 2.05) is 0 Å². The topological polar surface area (TPSA) is 73.2 Å². The molecule has 0 unspecified atom stereocenters. The fourth-order valence-electron chi connectivity index (χ4n) is 2.34. The molecule has 1 N–H and O–H groups in total. The molecule has 0 spiro atoms. The van der Waals surface area contributed by atoms with Gasteiger partial charge in [-0.25, -0.2) is 14.2 Å². The quantitative estimate of drug-likeness (QED) is 0.742. The highest BCUT2D eigenvalue weighted by Crippen LogP contribution is 2.18. The Balaban J connectivity index is 1.90. The predicted octanol–water partition coefficient (Wildman–Crippen LogP) is 3.05. The van der Waals surface area contributed by atoms with Gasteiger partial charge in [-0.15, -0.1) is 0 Å². The van der Waals surface area contributed by atoms with Gasteiger partial charge in [0.15, 0.2) is 0 Å². The lowest BCUT2D eigenvalue weighted by atomic mass is 10.1. The van der Waals surface area contributed by atoms with Gasteiger partial charge in [-0.1, -0.05) is 12.1 Å². The first-order valence-corrected chi connectivity index (χ1v) is 7.37. The van der Waals surface area contributed by atoms with Gasteiger partial charge in [-0.2, -0.15) is 0 Å². The van der Waals surface area contributed by atoms with Gasteiger partial charge in [0.25, 0.3) is 5.91 Å². The Morgan fingerprint density at radius 1 is 1.12 bits per heavy atom. The van der Waals surface area contributed by atoms with Crippen LogP contribution in [0.4, 0.5) is 10.1 Å². The molecule has 0 saturated carbocycles. The van der Waals surface area contributed by atoms with E-state index in [4.69, 9.17) is 4.74 Å². The molecular formula is C18H14FN3O3. The summed E-state index contributed by atoms with van der Waals surface area (Å²) in [6.07, 6.45) is 2.84. The molecular weight excluding hydrogens is 325 g/mol. The van der Waals surface area contributed by atoms with Crippen LogP contribution in [0.2, 0.25) is 0 Å². The fraction of sp³-hybridized carbons (Fsp3) is 0.0556. The molecule has 1 amide bonds. The van der Waals surface area contributed by atoms with E-state index in [9.17, 15) is 14.0 Å². The van der Waals surface area contributed by atoms with E-state index >= 15 is 0 Å². The van der Waals surface area contributed by atoms with E-state index in [2.05, 4.69) is 10.3 Å². The summed E-state index contributed by atoms with van der Waals surface area (Å²) in [6, 6.07) is 12.2. The lowest BCUT2D eigenvalue weighted by molar-refractivity contribution is 0.0602. The van der Waals surface area contributed by atoms with Gasteiger partial charge in [0, 0.05) is 5.69 Å². The van der Waals surface area contributed by atoms with Crippen molar-refractivity contribution in [2.45, 2.75) is 0 Å². The van der Waals surface area contributed by atoms with Gasteiger partial charge in [-0.05, 0) is 36.4 Å². The first-order chi connectivity index (χ1) is 12.1. The maximum absolute atomic E-state index is 13.1. The van der Waals surface area contributed by atoms with E-state index < -0.39 is 11.9 Å². The number of imidazole rings is 1. The van der Waals surface area contributed by atoms with Gasteiger partial charge in [0.1, 0.15) is 11.5 Å². The zero-order chi connectivity index (χ0) is 17.8. The molecule has 0 radical (unpaired) electrons. The summed E-state index contributed by atoms with van der Waals surface area (Å²) in [6.45, 7) is 0. The average Bonchev–Trinajstić information content (AvgIpc) is 3.12. The number of anilines is 1. The third-order valence-corrected chi connectivity index (χ3v) is 3.56. The third kappa shape index (κ3) is 3.40. The number of halogens is 1. The zero-order valence-electron chi connectivity index (χ0n) is 13.3. The van der Waals surface area contributed by atoms with E-state index in [1.165, 1.54) is 48.5 Å². The number of carbonyl (C=O) groups is 2. The number of benzene rings is 2. The number of nitrogens with zero attached hydrogens (tertiary/aromatic N) is 2. The molecule has 25 heavy (non-hydrogen) atoms. The Kier molecular flexibility index (Phi) is 4.56. The SMILES string of the molecule is COC(=O)c1ccccc1NC(=O)c1cncn1-c1ccc(F)cc1. The van der Waals surface area contributed by atoms with Crippen molar-refractivity contribution in [3.63, 3.8) is 0 Å². The molecule has 0 aliphatic rings. The van der Waals surface area contributed by atoms with Crippen molar-refractivity contribution in [3.8, 4) is 5.69 Å². The number of amides is 1. The number of ether oxygens (including phenoxy) is 1. The molecule has 0 fully saturated rings. The van der Waals surface area contributed by atoms with Crippen molar-refractivity contribution in [1.82, 2.24) is 9.55 Å². The lowest BCUT2D eigenvalue weighted by Crippen LogP contribution is -2.18. The fourth-order valence-corrected chi connectivity index (χ4v) is 2.34. The van der Waals surface area contributed by atoms with Crippen LogP contribution < -0.4 is 5.32 Å². The minimum atomic E-state index is -0.553. The molecule has 0 atom stereocenters. The number of hydrogen-bond donors (Lipinski definition) is 1. The summed E-state index contributed by atoms with van der Waals surface area (Å²) in [5.41, 5.74) is 1.40. The summed E-state index contributed by atoms with van der Waals surface area (Å²) in [4.78, 5) is 28.4. The number of rotatable bonds is 4. The zero-order valence-corrected chi connectivity index (χ0v) is 13.3. The summed E-state index contributed by atoms with van der Waals surface area (Å²) < 4.78 is 19.3. The Morgan fingerprint density at radius 2 is 1.84 bits per heavy atom.